The molecule has 2 N–H and O–H groups in total. The zero-order valence-corrected chi connectivity index (χ0v) is 17.8. The number of hydrogen-bond acceptors (Lipinski definition) is 4. The number of hydrogen-bond donors (Lipinski definition) is 2. The fraction of sp³-hybridized carbons (Fsp3) is 0.733. The van der Waals surface area contributed by atoms with E-state index in [0.29, 0.717) is 32.1 Å². The smallest absolute Gasteiger partial charge is 0.356 e. The summed E-state index contributed by atoms with van der Waals surface area (Å²) < 4.78 is 37.2. The van der Waals surface area contributed by atoms with Crippen LogP contribution in [0.2, 0.25) is 0 Å². The second-order valence-corrected chi connectivity index (χ2v) is 7.34. The molecule has 1 atom stereocenters. The van der Waals surface area contributed by atoms with Crippen molar-refractivity contribution >= 4 is 41.3 Å². The Kier molecular flexibility index (Phi) is 8.89. The summed E-state index contributed by atoms with van der Waals surface area (Å²) >= 11 is 1.65. The average molecular weight is 491 g/mol. The minimum Gasteiger partial charge on any atom is -0.356 e. The van der Waals surface area contributed by atoms with Crippen LogP contribution in [0.15, 0.2) is 4.99 Å². The summed E-state index contributed by atoms with van der Waals surface area (Å²) in [6.07, 6.45) is -3.35. The lowest BCUT2D eigenvalue weighted by Gasteiger charge is -2.18. The molecule has 0 amide bonds. The van der Waals surface area contributed by atoms with Crippen LogP contribution in [0.1, 0.15) is 22.0 Å². The first-order valence-corrected chi connectivity index (χ1v) is 8.75. The average Bonchev–Trinajstić information content (AvgIpc) is 3.03. The van der Waals surface area contributed by atoms with Crippen LogP contribution in [0.5, 0.6) is 0 Å². The monoisotopic (exact) mass is 491 g/mol. The van der Waals surface area contributed by atoms with Crippen molar-refractivity contribution in [2.75, 3.05) is 33.2 Å². The lowest BCUT2D eigenvalue weighted by Crippen LogP contribution is -2.40. The van der Waals surface area contributed by atoms with Crippen molar-refractivity contribution in [2.24, 2.45) is 10.9 Å². The molecule has 1 fully saturated rings. The van der Waals surface area contributed by atoms with E-state index in [1.807, 2.05) is 13.8 Å². The number of aliphatic imine (C=N–C) groups is 1. The molecule has 2 rings (SSSR count). The first-order chi connectivity index (χ1) is 11.3. The van der Waals surface area contributed by atoms with Crippen LogP contribution in [-0.4, -0.2) is 55.2 Å². The predicted octanol–water partition coefficient (Wildman–Crippen LogP) is 2.93. The Labute approximate surface area is 167 Å². The summed E-state index contributed by atoms with van der Waals surface area (Å²) in [5.41, 5.74) is 1.01. The van der Waals surface area contributed by atoms with Gasteiger partial charge in [-0.15, -0.1) is 35.3 Å². The highest BCUT2D eigenvalue weighted by atomic mass is 127. The zero-order chi connectivity index (χ0) is 17.7. The number of aryl methyl sites for hydroxylation is 2. The van der Waals surface area contributed by atoms with Gasteiger partial charge in [0.2, 0.25) is 0 Å². The number of thiazole rings is 1. The number of guanidine groups is 1. The molecule has 1 aliphatic heterocycles. The molecule has 25 heavy (non-hydrogen) atoms. The van der Waals surface area contributed by atoms with Crippen LogP contribution in [-0.2, 0) is 6.54 Å². The molecular formula is C15H25F3IN5S. The Morgan fingerprint density at radius 3 is 2.64 bits per heavy atom. The van der Waals surface area contributed by atoms with Crippen molar-refractivity contribution in [3.8, 4) is 0 Å². The maximum Gasteiger partial charge on any atom is 0.401 e. The van der Waals surface area contributed by atoms with Gasteiger partial charge in [-0.2, -0.15) is 13.2 Å². The molecule has 0 saturated carbocycles. The second kappa shape index (κ2) is 9.91. The van der Waals surface area contributed by atoms with Crippen LogP contribution in [0.3, 0.4) is 0 Å². The molecule has 0 radical (unpaired) electrons. The maximum atomic E-state index is 12.4. The van der Waals surface area contributed by atoms with Crippen molar-refractivity contribution in [2.45, 2.75) is 33.0 Å². The summed E-state index contributed by atoms with van der Waals surface area (Å²) in [5.74, 6) is 0.869. The summed E-state index contributed by atoms with van der Waals surface area (Å²) in [4.78, 5) is 11.2. The number of likely N-dealkylation sites (tertiary alicyclic amines) is 1. The van der Waals surface area contributed by atoms with E-state index < -0.39 is 12.7 Å². The van der Waals surface area contributed by atoms with Gasteiger partial charge in [-0.3, -0.25) is 9.89 Å². The maximum absolute atomic E-state index is 12.4. The molecule has 1 unspecified atom stereocenters. The predicted molar refractivity (Wildman–Crippen MR) is 106 cm³/mol. The SMILES string of the molecule is CN=C(NCc1sc(C)nc1C)NCC1CCN(CC(F)(F)F)C1.I. The lowest BCUT2D eigenvalue weighted by atomic mass is 10.1. The van der Waals surface area contributed by atoms with E-state index in [4.69, 9.17) is 0 Å². The first-order valence-electron chi connectivity index (χ1n) is 7.93. The van der Waals surface area contributed by atoms with Gasteiger partial charge in [0.1, 0.15) is 0 Å². The van der Waals surface area contributed by atoms with Gasteiger partial charge in [0.05, 0.1) is 23.8 Å². The minimum atomic E-state index is -4.12. The number of nitrogens with one attached hydrogen (secondary N) is 2. The van der Waals surface area contributed by atoms with E-state index in [0.717, 1.165) is 22.0 Å². The van der Waals surface area contributed by atoms with Crippen molar-refractivity contribution in [1.29, 1.82) is 0 Å². The van der Waals surface area contributed by atoms with E-state index in [1.165, 1.54) is 4.90 Å². The topological polar surface area (TPSA) is 52.6 Å². The van der Waals surface area contributed by atoms with Crippen molar-refractivity contribution < 1.29 is 13.2 Å². The lowest BCUT2D eigenvalue weighted by molar-refractivity contribution is -0.143. The highest BCUT2D eigenvalue weighted by molar-refractivity contribution is 14.0. The minimum absolute atomic E-state index is 0. The Bertz CT molecular complexity index is 576. The molecule has 1 aromatic heterocycles. The molecule has 0 bridgehead atoms. The highest BCUT2D eigenvalue weighted by Crippen LogP contribution is 2.22. The van der Waals surface area contributed by atoms with Crippen molar-refractivity contribution in [3.05, 3.63) is 15.6 Å². The first kappa shape index (κ1) is 22.4. The van der Waals surface area contributed by atoms with Crippen LogP contribution < -0.4 is 10.6 Å². The molecule has 10 heteroatoms. The molecular weight excluding hydrogens is 466 g/mol. The van der Waals surface area contributed by atoms with Gasteiger partial charge in [-0.05, 0) is 32.7 Å². The number of alkyl halides is 3. The normalized spacial score (nSPS) is 19.0. The van der Waals surface area contributed by atoms with Gasteiger partial charge in [0.25, 0.3) is 0 Å². The van der Waals surface area contributed by atoms with E-state index >= 15 is 0 Å². The van der Waals surface area contributed by atoms with E-state index in [9.17, 15) is 13.2 Å². The van der Waals surface area contributed by atoms with Crippen LogP contribution in [0, 0.1) is 19.8 Å². The summed E-state index contributed by atoms with van der Waals surface area (Å²) in [7, 11) is 1.69. The van der Waals surface area contributed by atoms with Gasteiger partial charge >= 0.3 is 6.18 Å². The second-order valence-electron chi connectivity index (χ2n) is 6.05. The van der Waals surface area contributed by atoms with E-state index in [-0.39, 0.29) is 29.9 Å². The van der Waals surface area contributed by atoms with Crippen LogP contribution >= 0.6 is 35.3 Å². The molecule has 1 saturated heterocycles. The van der Waals surface area contributed by atoms with Crippen molar-refractivity contribution in [1.82, 2.24) is 20.5 Å². The molecule has 144 valence electrons. The fourth-order valence-corrected chi connectivity index (χ4v) is 3.72. The third-order valence-corrected chi connectivity index (χ3v) is 5.04. The number of nitrogens with zero attached hydrogens (tertiary/aromatic N) is 3. The van der Waals surface area contributed by atoms with E-state index in [1.54, 1.807) is 18.4 Å². The Morgan fingerprint density at radius 2 is 2.08 bits per heavy atom. The molecule has 5 nitrogen and oxygen atoms in total. The molecule has 0 aliphatic carbocycles. The van der Waals surface area contributed by atoms with Gasteiger partial charge in [0.15, 0.2) is 5.96 Å². The quantitative estimate of drug-likeness (QED) is 0.378. The number of rotatable bonds is 5. The third-order valence-electron chi connectivity index (χ3n) is 3.97. The summed E-state index contributed by atoms with van der Waals surface area (Å²) in [6, 6.07) is 0. The van der Waals surface area contributed by atoms with Gasteiger partial charge < -0.3 is 10.6 Å². The Morgan fingerprint density at radius 1 is 1.36 bits per heavy atom. The summed E-state index contributed by atoms with van der Waals surface area (Å²) in [5, 5.41) is 7.47. The molecule has 1 aromatic rings. The van der Waals surface area contributed by atoms with Crippen molar-refractivity contribution in [3.63, 3.8) is 0 Å². The largest absolute Gasteiger partial charge is 0.401 e. The molecule has 0 spiro atoms. The van der Waals surface area contributed by atoms with Crippen LogP contribution in [0.4, 0.5) is 13.2 Å². The van der Waals surface area contributed by atoms with E-state index in [2.05, 4.69) is 20.6 Å². The number of halogens is 4. The molecule has 0 aromatic carbocycles. The fourth-order valence-electron chi connectivity index (χ4n) is 2.84. The van der Waals surface area contributed by atoms with Crippen LogP contribution in [0.25, 0.3) is 0 Å². The standard InChI is InChI=1S/C15H24F3N5S.HI/c1-10-13(24-11(2)22-10)7-21-14(19-3)20-6-12-4-5-23(8-12)9-15(16,17)18;/h12H,4-9H2,1-3H3,(H2,19,20,21);1H. The zero-order valence-electron chi connectivity index (χ0n) is 14.6. The Hall–Kier alpha value is -0.620. The van der Waals surface area contributed by atoms with Gasteiger partial charge in [-0.25, -0.2) is 4.98 Å². The molecule has 2 heterocycles. The Balaban J connectivity index is 0.00000312. The van der Waals surface area contributed by atoms with Gasteiger partial charge in [0, 0.05) is 25.0 Å². The number of aromatic nitrogens is 1. The summed E-state index contributed by atoms with van der Waals surface area (Å²) in [6.45, 7) is 5.36. The van der Waals surface area contributed by atoms with Gasteiger partial charge in [-0.1, -0.05) is 0 Å². The third kappa shape index (κ3) is 7.65. The highest BCUT2D eigenvalue weighted by Gasteiger charge is 2.34. The molecule has 1 aliphatic rings.